The van der Waals surface area contributed by atoms with Crippen molar-refractivity contribution >= 4 is 11.4 Å². The summed E-state index contributed by atoms with van der Waals surface area (Å²) in [5, 5.41) is 19.6. The Morgan fingerprint density at radius 2 is 2.16 bits per heavy atom. The fourth-order valence-corrected chi connectivity index (χ4v) is 1.74. The van der Waals surface area contributed by atoms with E-state index in [2.05, 4.69) is 0 Å². The number of hydrogen-bond acceptors (Lipinski definition) is 4. The molecule has 0 aliphatic heterocycles. The van der Waals surface area contributed by atoms with Gasteiger partial charge in [0.2, 0.25) is 5.82 Å². The van der Waals surface area contributed by atoms with Crippen molar-refractivity contribution in [3.8, 4) is 6.07 Å². The first-order valence-corrected chi connectivity index (χ1v) is 5.68. The molecule has 1 rings (SSSR count). The van der Waals surface area contributed by atoms with Gasteiger partial charge in [0.05, 0.1) is 16.9 Å². The molecule has 7 heteroatoms. The van der Waals surface area contributed by atoms with Crippen LogP contribution in [0.25, 0.3) is 0 Å². The topological polar surface area (TPSA) is 70.2 Å². The van der Waals surface area contributed by atoms with Gasteiger partial charge in [-0.05, 0) is 13.8 Å². The maximum atomic E-state index is 13.5. The van der Waals surface area contributed by atoms with Crippen molar-refractivity contribution in [1.29, 1.82) is 5.26 Å². The summed E-state index contributed by atoms with van der Waals surface area (Å²) in [6, 6.07) is 3.37. The number of anilines is 1. The van der Waals surface area contributed by atoms with Gasteiger partial charge in [-0.1, -0.05) is 0 Å². The molecule has 1 unspecified atom stereocenters. The van der Waals surface area contributed by atoms with E-state index < -0.39 is 28.2 Å². The van der Waals surface area contributed by atoms with Crippen LogP contribution in [0.2, 0.25) is 0 Å². The van der Waals surface area contributed by atoms with E-state index in [0.29, 0.717) is 12.6 Å². The van der Waals surface area contributed by atoms with Gasteiger partial charge in [-0.2, -0.15) is 9.65 Å². The van der Waals surface area contributed by atoms with Crippen molar-refractivity contribution in [2.45, 2.75) is 13.8 Å². The summed E-state index contributed by atoms with van der Waals surface area (Å²) in [5.41, 5.74) is -0.916. The summed E-state index contributed by atoms with van der Waals surface area (Å²) in [6.45, 7) is 3.78. The lowest BCUT2D eigenvalue weighted by atomic mass is 10.1. The van der Waals surface area contributed by atoms with Gasteiger partial charge in [-0.15, -0.1) is 0 Å². The van der Waals surface area contributed by atoms with Gasteiger partial charge in [0.15, 0.2) is 0 Å². The number of nitro groups is 1. The molecule has 0 aliphatic carbocycles. The molecule has 0 aromatic heterocycles. The number of nitrogens with zero attached hydrogens (tertiary/aromatic N) is 3. The minimum absolute atomic E-state index is 0.146. The minimum atomic E-state index is -1.22. The lowest BCUT2D eigenvalue weighted by Crippen LogP contribution is -2.28. The quantitative estimate of drug-likeness (QED) is 0.608. The molecule has 0 aliphatic rings. The van der Waals surface area contributed by atoms with E-state index in [1.165, 1.54) is 4.90 Å². The zero-order chi connectivity index (χ0) is 14.6. The van der Waals surface area contributed by atoms with Gasteiger partial charge in [-0.25, -0.2) is 4.39 Å². The summed E-state index contributed by atoms with van der Waals surface area (Å²) in [4.78, 5) is 11.4. The van der Waals surface area contributed by atoms with Crippen LogP contribution in [0.5, 0.6) is 0 Å². The summed E-state index contributed by atoms with van der Waals surface area (Å²) >= 11 is 0. The second-order valence-corrected chi connectivity index (χ2v) is 4.08. The Hall–Kier alpha value is -2.23. The molecular weight excluding hydrogens is 256 g/mol. The van der Waals surface area contributed by atoms with Gasteiger partial charge in [-0.3, -0.25) is 10.1 Å². The number of nitriles is 1. The van der Waals surface area contributed by atoms with Crippen LogP contribution in [-0.2, 0) is 0 Å². The van der Waals surface area contributed by atoms with Crippen molar-refractivity contribution < 1.29 is 13.7 Å². The lowest BCUT2D eigenvalue weighted by molar-refractivity contribution is -0.386. The van der Waals surface area contributed by atoms with Crippen molar-refractivity contribution in [3.05, 3.63) is 33.9 Å². The molecule has 0 amide bonds. The van der Waals surface area contributed by atoms with Gasteiger partial charge < -0.3 is 4.90 Å². The zero-order valence-corrected chi connectivity index (χ0v) is 10.6. The van der Waals surface area contributed by atoms with E-state index in [-0.39, 0.29) is 12.2 Å². The third kappa shape index (κ3) is 3.37. The number of nitro benzene ring substituents is 1. The highest BCUT2D eigenvalue weighted by molar-refractivity contribution is 5.64. The largest absolute Gasteiger partial charge is 0.365 e. The van der Waals surface area contributed by atoms with Gasteiger partial charge in [0.1, 0.15) is 11.5 Å². The summed E-state index contributed by atoms with van der Waals surface area (Å²) in [5.74, 6) is -2.52. The van der Waals surface area contributed by atoms with Gasteiger partial charge >= 0.3 is 5.69 Å². The normalized spacial score (nSPS) is 11.7. The third-order valence-corrected chi connectivity index (χ3v) is 2.63. The number of hydrogen-bond donors (Lipinski definition) is 0. The van der Waals surface area contributed by atoms with Crippen LogP contribution in [0.1, 0.15) is 13.8 Å². The smallest absolute Gasteiger partial charge is 0.328 e. The van der Waals surface area contributed by atoms with E-state index in [1.54, 1.807) is 13.8 Å². The van der Waals surface area contributed by atoms with Crippen molar-refractivity contribution in [1.82, 2.24) is 0 Å². The van der Waals surface area contributed by atoms with Crippen molar-refractivity contribution in [2.24, 2.45) is 5.92 Å². The van der Waals surface area contributed by atoms with E-state index >= 15 is 0 Å². The first-order valence-electron chi connectivity index (χ1n) is 5.68. The van der Waals surface area contributed by atoms with E-state index in [4.69, 9.17) is 5.26 Å². The average Bonchev–Trinajstić information content (AvgIpc) is 2.33. The molecule has 0 N–H and O–H groups in total. The summed E-state index contributed by atoms with van der Waals surface area (Å²) in [7, 11) is 0. The standard InChI is InChI=1S/C12H13F2N3O2/c1-3-16(7-8(2)6-15)11-5-9(13)4-10(14)12(11)17(18)19/h4-5,8H,3,7H2,1-2H3. The fourth-order valence-electron chi connectivity index (χ4n) is 1.74. The summed E-state index contributed by atoms with van der Waals surface area (Å²) in [6.07, 6.45) is 0. The molecule has 0 heterocycles. The molecular formula is C12H13F2N3O2. The van der Waals surface area contributed by atoms with Gasteiger partial charge in [0, 0.05) is 25.2 Å². The molecule has 5 nitrogen and oxygen atoms in total. The molecule has 0 spiro atoms. The van der Waals surface area contributed by atoms with Crippen LogP contribution >= 0.6 is 0 Å². The van der Waals surface area contributed by atoms with Gasteiger partial charge in [0.25, 0.3) is 0 Å². The van der Waals surface area contributed by atoms with Crippen LogP contribution in [0.3, 0.4) is 0 Å². The number of benzene rings is 1. The highest BCUT2D eigenvalue weighted by atomic mass is 19.1. The van der Waals surface area contributed by atoms with E-state index in [1.807, 2.05) is 6.07 Å². The minimum Gasteiger partial charge on any atom is -0.365 e. The Bertz CT molecular complexity index is 528. The third-order valence-electron chi connectivity index (χ3n) is 2.63. The number of rotatable bonds is 5. The molecule has 0 bridgehead atoms. The first kappa shape index (κ1) is 14.8. The predicted molar refractivity (Wildman–Crippen MR) is 65.7 cm³/mol. The Kier molecular flexibility index (Phi) is 4.75. The molecule has 1 atom stereocenters. The van der Waals surface area contributed by atoms with Crippen molar-refractivity contribution in [3.63, 3.8) is 0 Å². The predicted octanol–water partition coefficient (Wildman–Crippen LogP) is 2.86. The maximum Gasteiger partial charge on any atom is 0.328 e. The Balaban J connectivity index is 3.30. The first-order chi connectivity index (χ1) is 8.90. The van der Waals surface area contributed by atoms with Crippen LogP contribution in [0.4, 0.5) is 20.2 Å². The zero-order valence-electron chi connectivity index (χ0n) is 10.6. The Morgan fingerprint density at radius 1 is 1.53 bits per heavy atom. The van der Waals surface area contributed by atoms with Crippen molar-refractivity contribution in [2.75, 3.05) is 18.0 Å². The molecule has 1 aromatic carbocycles. The Labute approximate surface area is 109 Å². The highest BCUT2D eigenvalue weighted by Crippen LogP contribution is 2.32. The fraction of sp³-hybridized carbons (Fsp3) is 0.417. The monoisotopic (exact) mass is 269 g/mol. The number of halogens is 2. The molecule has 0 radical (unpaired) electrons. The van der Waals surface area contributed by atoms with Crippen LogP contribution in [-0.4, -0.2) is 18.0 Å². The second-order valence-electron chi connectivity index (χ2n) is 4.08. The highest BCUT2D eigenvalue weighted by Gasteiger charge is 2.26. The molecule has 102 valence electrons. The molecule has 0 saturated heterocycles. The van der Waals surface area contributed by atoms with Crippen LogP contribution in [0, 0.1) is 39.0 Å². The average molecular weight is 269 g/mol. The van der Waals surface area contributed by atoms with Crippen LogP contribution < -0.4 is 4.90 Å². The molecule has 0 fully saturated rings. The lowest BCUT2D eigenvalue weighted by Gasteiger charge is -2.23. The maximum absolute atomic E-state index is 13.5. The molecule has 0 saturated carbocycles. The van der Waals surface area contributed by atoms with E-state index in [9.17, 15) is 18.9 Å². The van der Waals surface area contributed by atoms with Crippen LogP contribution in [0.15, 0.2) is 12.1 Å². The molecule has 19 heavy (non-hydrogen) atoms. The summed E-state index contributed by atoms with van der Waals surface area (Å²) < 4.78 is 26.7. The molecule has 1 aromatic rings. The second kappa shape index (κ2) is 6.09. The Morgan fingerprint density at radius 3 is 2.63 bits per heavy atom. The van der Waals surface area contributed by atoms with E-state index in [0.717, 1.165) is 6.07 Å². The SMILES string of the molecule is CCN(CC(C)C#N)c1cc(F)cc(F)c1[N+](=O)[O-].